The van der Waals surface area contributed by atoms with Gasteiger partial charge in [-0.05, 0) is 60.9 Å². The van der Waals surface area contributed by atoms with Crippen LogP contribution in [-0.2, 0) is 0 Å². The first-order valence-electron chi connectivity index (χ1n) is 10.6. The van der Waals surface area contributed by atoms with Crippen LogP contribution in [0.15, 0.2) is 59.0 Å². The molecule has 0 radical (unpaired) electrons. The zero-order chi connectivity index (χ0) is 21.8. The lowest BCUT2D eigenvalue weighted by atomic mass is 10.0. The molecule has 4 aromatic rings. The van der Waals surface area contributed by atoms with E-state index in [1.54, 1.807) is 24.3 Å². The third-order valence-corrected chi connectivity index (χ3v) is 5.26. The number of aromatic nitrogens is 1. The number of halogens is 2. The molecule has 1 aromatic heterocycles. The molecular weight excluding hydrogens is 396 g/mol. The number of aryl methyl sites for hydroxylation is 1. The Labute approximate surface area is 180 Å². The van der Waals surface area contributed by atoms with Crippen molar-refractivity contribution < 1.29 is 17.9 Å². The summed E-state index contributed by atoms with van der Waals surface area (Å²) in [5, 5.41) is 0. The third kappa shape index (κ3) is 4.76. The maximum atomic E-state index is 14.9. The van der Waals surface area contributed by atoms with E-state index in [1.165, 1.54) is 18.6 Å². The highest BCUT2D eigenvalue weighted by molar-refractivity contribution is 5.77. The Morgan fingerprint density at radius 2 is 1.68 bits per heavy atom. The van der Waals surface area contributed by atoms with Crippen LogP contribution >= 0.6 is 0 Å². The summed E-state index contributed by atoms with van der Waals surface area (Å²) in [5.74, 6) is -0.277. The van der Waals surface area contributed by atoms with Crippen LogP contribution in [0.5, 0.6) is 5.75 Å². The molecule has 4 rings (SSSR count). The summed E-state index contributed by atoms with van der Waals surface area (Å²) in [6.07, 6.45) is 4.37. The van der Waals surface area contributed by atoms with Gasteiger partial charge in [-0.15, -0.1) is 0 Å². The Balaban J connectivity index is 1.53. The van der Waals surface area contributed by atoms with E-state index in [1.807, 2.05) is 25.1 Å². The smallest absolute Gasteiger partial charge is 0.230 e. The quantitative estimate of drug-likeness (QED) is 0.273. The Kier molecular flexibility index (Phi) is 6.31. The number of nitrogens with zero attached hydrogens (tertiary/aromatic N) is 1. The molecule has 31 heavy (non-hydrogen) atoms. The molecule has 0 fully saturated rings. The van der Waals surface area contributed by atoms with Gasteiger partial charge in [-0.1, -0.05) is 38.3 Å². The summed E-state index contributed by atoms with van der Waals surface area (Å²) in [6.45, 7) is 4.67. The molecule has 0 amide bonds. The van der Waals surface area contributed by atoms with Gasteiger partial charge in [0, 0.05) is 11.6 Å². The number of oxazole rings is 1. The molecule has 3 aromatic carbocycles. The second-order valence-electron chi connectivity index (χ2n) is 7.74. The molecule has 0 aliphatic rings. The van der Waals surface area contributed by atoms with Crippen LogP contribution in [0.3, 0.4) is 0 Å². The van der Waals surface area contributed by atoms with E-state index in [0.717, 1.165) is 24.8 Å². The lowest BCUT2D eigenvalue weighted by molar-refractivity contribution is 0.303. The van der Waals surface area contributed by atoms with E-state index in [4.69, 9.17) is 9.15 Å². The molecule has 0 bridgehead atoms. The van der Waals surface area contributed by atoms with Crippen LogP contribution in [0, 0.1) is 18.6 Å². The number of benzene rings is 3. The van der Waals surface area contributed by atoms with Crippen molar-refractivity contribution in [2.24, 2.45) is 0 Å². The lowest BCUT2D eigenvalue weighted by Gasteiger charge is -2.09. The summed E-state index contributed by atoms with van der Waals surface area (Å²) >= 11 is 0. The Morgan fingerprint density at radius 3 is 2.45 bits per heavy atom. The standard InChI is InChI=1S/C26H25F2NO2/c1-3-4-5-6-13-30-19-9-11-20(23(28)16-19)18-8-10-21(22(27)15-18)26-29-24-14-17(2)7-12-25(24)31-26/h7-12,14-16H,3-6,13H2,1-2H3. The highest BCUT2D eigenvalue weighted by atomic mass is 19.1. The van der Waals surface area contributed by atoms with Gasteiger partial charge < -0.3 is 9.15 Å². The van der Waals surface area contributed by atoms with Crippen molar-refractivity contribution in [3.05, 3.63) is 71.8 Å². The van der Waals surface area contributed by atoms with Crippen molar-refractivity contribution in [3.63, 3.8) is 0 Å². The third-order valence-electron chi connectivity index (χ3n) is 5.26. The van der Waals surface area contributed by atoms with Crippen molar-refractivity contribution in [1.29, 1.82) is 0 Å². The first-order chi connectivity index (χ1) is 15.0. The van der Waals surface area contributed by atoms with Gasteiger partial charge in [0.1, 0.15) is 22.9 Å². The molecule has 0 unspecified atom stereocenters. The van der Waals surface area contributed by atoms with Crippen molar-refractivity contribution in [3.8, 4) is 28.3 Å². The van der Waals surface area contributed by atoms with E-state index in [2.05, 4.69) is 11.9 Å². The molecule has 3 nitrogen and oxygen atoms in total. The van der Waals surface area contributed by atoms with E-state index in [0.29, 0.717) is 34.6 Å². The second-order valence-corrected chi connectivity index (χ2v) is 7.74. The minimum atomic E-state index is -0.517. The van der Waals surface area contributed by atoms with Gasteiger partial charge in [0.05, 0.1) is 12.2 Å². The van der Waals surface area contributed by atoms with Gasteiger partial charge in [0.25, 0.3) is 0 Å². The Bertz CT molecular complexity index is 1200. The van der Waals surface area contributed by atoms with Crippen molar-refractivity contribution in [1.82, 2.24) is 4.98 Å². The van der Waals surface area contributed by atoms with Crippen molar-refractivity contribution in [2.75, 3.05) is 6.61 Å². The highest BCUT2D eigenvalue weighted by Crippen LogP contribution is 2.32. The van der Waals surface area contributed by atoms with Crippen LogP contribution in [0.4, 0.5) is 8.78 Å². The van der Waals surface area contributed by atoms with Crippen molar-refractivity contribution in [2.45, 2.75) is 39.5 Å². The fraction of sp³-hybridized carbons (Fsp3) is 0.269. The summed E-state index contributed by atoms with van der Waals surface area (Å²) < 4.78 is 40.8. The first-order valence-corrected chi connectivity index (χ1v) is 10.6. The highest BCUT2D eigenvalue weighted by Gasteiger charge is 2.15. The Hall–Kier alpha value is -3.21. The molecule has 0 aliphatic carbocycles. The fourth-order valence-electron chi connectivity index (χ4n) is 3.55. The topological polar surface area (TPSA) is 35.3 Å². The minimum Gasteiger partial charge on any atom is -0.493 e. The predicted molar refractivity (Wildman–Crippen MR) is 119 cm³/mol. The molecule has 0 saturated carbocycles. The van der Waals surface area contributed by atoms with Crippen LogP contribution in [-0.4, -0.2) is 11.6 Å². The van der Waals surface area contributed by atoms with Gasteiger partial charge in [0.2, 0.25) is 5.89 Å². The van der Waals surface area contributed by atoms with Gasteiger partial charge in [0.15, 0.2) is 5.58 Å². The van der Waals surface area contributed by atoms with Crippen LogP contribution in [0.25, 0.3) is 33.7 Å². The van der Waals surface area contributed by atoms with E-state index >= 15 is 0 Å². The van der Waals surface area contributed by atoms with E-state index < -0.39 is 11.6 Å². The average Bonchev–Trinajstić information content (AvgIpc) is 3.16. The monoisotopic (exact) mass is 421 g/mol. The number of rotatable bonds is 8. The fourth-order valence-corrected chi connectivity index (χ4v) is 3.55. The van der Waals surface area contributed by atoms with Crippen molar-refractivity contribution >= 4 is 11.1 Å². The van der Waals surface area contributed by atoms with Crippen LogP contribution < -0.4 is 4.74 Å². The molecule has 0 aliphatic heterocycles. The van der Waals surface area contributed by atoms with E-state index in [-0.39, 0.29) is 11.5 Å². The summed E-state index contributed by atoms with van der Waals surface area (Å²) in [7, 11) is 0. The molecule has 0 spiro atoms. The molecule has 0 saturated heterocycles. The number of hydrogen-bond acceptors (Lipinski definition) is 3. The molecule has 0 atom stereocenters. The summed E-state index contributed by atoms with van der Waals surface area (Å²) in [5.41, 5.74) is 3.32. The summed E-state index contributed by atoms with van der Waals surface area (Å²) in [6, 6.07) is 14.8. The maximum Gasteiger partial charge on any atom is 0.230 e. The Morgan fingerprint density at radius 1 is 0.871 bits per heavy atom. The van der Waals surface area contributed by atoms with Gasteiger partial charge in [-0.2, -0.15) is 0 Å². The SMILES string of the molecule is CCCCCCOc1ccc(-c2ccc(-c3nc4cc(C)ccc4o3)c(F)c2)c(F)c1. The largest absolute Gasteiger partial charge is 0.493 e. The number of unbranched alkanes of at least 4 members (excludes halogenated alkanes) is 3. The number of ether oxygens (including phenoxy) is 1. The maximum absolute atomic E-state index is 14.9. The first kappa shape index (κ1) is 21.0. The number of fused-ring (bicyclic) bond motifs is 1. The molecule has 1 heterocycles. The zero-order valence-electron chi connectivity index (χ0n) is 17.8. The molecule has 5 heteroatoms. The van der Waals surface area contributed by atoms with Gasteiger partial charge >= 0.3 is 0 Å². The van der Waals surface area contributed by atoms with Gasteiger partial charge in [-0.3, -0.25) is 0 Å². The van der Waals surface area contributed by atoms with Crippen LogP contribution in [0.2, 0.25) is 0 Å². The molecule has 160 valence electrons. The average molecular weight is 421 g/mol. The van der Waals surface area contributed by atoms with E-state index in [9.17, 15) is 8.78 Å². The zero-order valence-corrected chi connectivity index (χ0v) is 17.8. The summed E-state index contributed by atoms with van der Waals surface area (Å²) in [4.78, 5) is 4.39. The van der Waals surface area contributed by atoms with Gasteiger partial charge in [-0.25, -0.2) is 13.8 Å². The lowest BCUT2D eigenvalue weighted by Crippen LogP contribution is -1.98. The number of hydrogen-bond donors (Lipinski definition) is 0. The van der Waals surface area contributed by atoms with Crippen LogP contribution in [0.1, 0.15) is 38.2 Å². The molecule has 0 N–H and O–H groups in total. The predicted octanol–water partition coefficient (Wildman–Crippen LogP) is 7.71. The molecular formula is C26H25F2NO2. The second kappa shape index (κ2) is 9.29. The minimum absolute atomic E-state index is 0.206. The normalized spacial score (nSPS) is 11.2.